The van der Waals surface area contributed by atoms with Gasteiger partial charge in [-0.1, -0.05) is 12.1 Å². The predicted molar refractivity (Wildman–Crippen MR) is 200 cm³/mol. The lowest BCUT2D eigenvalue weighted by Crippen LogP contribution is -2.04. The van der Waals surface area contributed by atoms with Crippen molar-refractivity contribution >= 4 is 130 Å². The predicted octanol–water partition coefficient (Wildman–Crippen LogP) is 8.77. The summed E-state index contributed by atoms with van der Waals surface area (Å²) in [6, 6.07) is 15.5. The molecule has 0 aliphatic heterocycles. The van der Waals surface area contributed by atoms with Gasteiger partial charge in [-0.15, -0.1) is 45.3 Å². The Kier molecular flexibility index (Phi) is 12.2. The number of thiophene rings is 6. The first-order valence-electron chi connectivity index (χ1n) is 13.8. The summed E-state index contributed by atoms with van der Waals surface area (Å²) in [5.41, 5.74) is 1.13. The molecule has 6 aromatic rings. The molecule has 0 aromatic carbocycles. The number of rotatable bonds is 7. The van der Waals surface area contributed by atoms with Crippen LogP contribution in [0.5, 0.6) is 0 Å². The number of carbonyl (C=O) groups is 2. The number of carbonyl (C=O) groups excluding carboxylic acids is 3. The second-order valence-corrected chi connectivity index (χ2v) is 14.8. The van der Waals surface area contributed by atoms with Crippen LogP contribution in [-0.2, 0) is 23.9 Å². The van der Waals surface area contributed by atoms with Gasteiger partial charge < -0.3 is 9.84 Å². The van der Waals surface area contributed by atoms with Gasteiger partial charge in [0.05, 0.1) is 9.40 Å². The van der Waals surface area contributed by atoms with Crippen molar-refractivity contribution in [1.29, 1.82) is 0 Å². The molecule has 2 aliphatic rings. The van der Waals surface area contributed by atoms with Crippen molar-refractivity contribution < 1.29 is 29.0 Å². The molecule has 0 saturated heterocycles. The number of ether oxygens (including phenoxy) is 1. The molecular formula is C35H20O8S6. The molecule has 0 atom stereocenters. The molecular weight excluding hydrogens is 741 g/mol. The van der Waals surface area contributed by atoms with Crippen molar-refractivity contribution in [3.8, 4) is 0 Å². The van der Waals surface area contributed by atoms with E-state index in [9.17, 15) is 24.3 Å². The Morgan fingerprint density at radius 3 is 1.55 bits per heavy atom. The van der Waals surface area contributed by atoms with E-state index in [1.165, 1.54) is 55.1 Å². The van der Waals surface area contributed by atoms with Crippen LogP contribution in [-0.4, -0.2) is 23.7 Å². The molecule has 0 bridgehead atoms. The normalized spacial score (nSPS) is 11.2. The Morgan fingerprint density at radius 1 is 0.673 bits per heavy atom. The maximum absolute atomic E-state index is 12.2. The van der Waals surface area contributed by atoms with Crippen molar-refractivity contribution in [2.24, 2.45) is 0 Å². The lowest BCUT2D eigenvalue weighted by molar-refractivity contribution is -0.191. The van der Waals surface area contributed by atoms with Gasteiger partial charge in [-0.3, -0.25) is 14.4 Å². The monoisotopic (exact) mass is 760 g/mol. The molecule has 0 unspecified atom stereocenters. The van der Waals surface area contributed by atoms with Crippen LogP contribution in [0, 0.1) is 10.4 Å². The average molecular weight is 761 g/mol. The molecule has 1 N–H and O–H groups in total. The second kappa shape index (κ2) is 17.0. The summed E-state index contributed by atoms with van der Waals surface area (Å²) in [4.78, 5) is 65.1. The van der Waals surface area contributed by atoms with Crippen LogP contribution in [0.2, 0.25) is 0 Å². The summed E-state index contributed by atoms with van der Waals surface area (Å²) >= 11 is 9.14. The van der Waals surface area contributed by atoms with E-state index in [-0.39, 0.29) is 34.8 Å². The molecule has 6 heterocycles. The van der Waals surface area contributed by atoms with Gasteiger partial charge in [0.1, 0.15) is 5.57 Å². The Bertz CT molecular complexity index is 2400. The third kappa shape index (κ3) is 8.04. The zero-order valence-corrected chi connectivity index (χ0v) is 29.6. The van der Waals surface area contributed by atoms with Crippen molar-refractivity contribution in [1.82, 2.24) is 0 Å². The fourth-order valence-electron chi connectivity index (χ4n) is 4.74. The zero-order chi connectivity index (χ0) is 34.8. The van der Waals surface area contributed by atoms with Crippen LogP contribution in [0.4, 0.5) is 0 Å². The van der Waals surface area contributed by atoms with E-state index < -0.39 is 5.97 Å². The number of hydrogen-bond acceptors (Lipinski definition) is 13. The molecule has 0 saturated carbocycles. The van der Waals surface area contributed by atoms with Crippen molar-refractivity contribution in [3.05, 3.63) is 143 Å². The highest BCUT2D eigenvalue weighted by molar-refractivity contribution is 7.17. The smallest absolute Gasteiger partial charge is 0.373 e. The average Bonchev–Trinajstić information content (AvgIpc) is 3.92. The van der Waals surface area contributed by atoms with Crippen LogP contribution in [0.15, 0.2) is 101 Å². The number of carboxylic acids is 1. The first-order valence-corrected chi connectivity index (χ1v) is 19.2. The molecule has 49 heavy (non-hydrogen) atoms. The largest absolute Gasteiger partial charge is 0.478 e. The molecule has 244 valence electrons. The third-order valence-corrected chi connectivity index (χ3v) is 11.6. The lowest BCUT2D eigenvalue weighted by Gasteiger charge is -2.07. The van der Waals surface area contributed by atoms with E-state index in [0.717, 1.165) is 20.2 Å². The molecule has 2 aliphatic carbocycles. The van der Waals surface area contributed by atoms with E-state index in [2.05, 4.69) is 47.2 Å². The van der Waals surface area contributed by atoms with Gasteiger partial charge in [0.25, 0.3) is 6.47 Å². The van der Waals surface area contributed by atoms with Gasteiger partial charge in [0, 0.05) is 47.5 Å². The summed E-state index contributed by atoms with van der Waals surface area (Å²) in [5, 5.41) is 27.1. The molecule has 6 aromatic heterocycles. The summed E-state index contributed by atoms with van der Waals surface area (Å²) in [6.45, 7) is 0.238. The van der Waals surface area contributed by atoms with Crippen LogP contribution in [0.1, 0.15) is 20.9 Å². The number of hydrogen-bond donors (Lipinski definition) is 1. The first kappa shape index (κ1) is 35.4. The topological polar surface area (TPSA) is 132 Å². The van der Waals surface area contributed by atoms with Gasteiger partial charge >= 0.3 is 12.1 Å². The molecule has 0 spiro atoms. The molecule has 0 amide bonds. The van der Waals surface area contributed by atoms with Crippen molar-refractivity contribution in [2.75, 3.05) is 0 Å². The molecule has 0 fully saturated rings. The highest BCUT2D eigenvalue weighted by Crippen LogP contribution is 2.30. The highest BCUT2D eigenvalue weighted by atomic mass is 32.1. The summed E-state index contributed by atoms with van der Waals surface area (Å²) in [7, 11) is 0. The van der Waals surface area contributed by atoms with Gasteiger partial charge in [-0.2, -0.15) is 32.3 Å². The maximum atomic E-state index is 12.2. The van der Waals surface area contributed by atoms with E-state index in [4.69, 9.17) is 14.3 Å². The quantitative estimate of drug-likeness (QED) is 0.0969. The maximum Gasteiger partial charge on any atom is 0.373 e. The minimum atomic E-state index is -1.13. The molecule has 8 nitrogen and oxygen atoms in total. The van der Waals surface area contributed by atoms with E-state index in [1.807, 2.05) is 22.9 Å². The van der Waals surface area contributed by atoms with Gasteiger partial charge in [0.2, 0.25) is 10.9 Å². The minimum Gasteiger partial charge on any atom is -0.478 e. The van der Waals surface area contributed by atoms with Gasteiger partial charge in [0.15, 0.2) is 5.76 Å². The van der Waals surface area contributed by atoms with Crippen molar-refractivity contribution in [3.63, 3.8) is 0 Å². The van der Waals surface area contributed by atoms with E-state index in [1.54, 1.807) is 56.3 Å². The van der Waals surface area contributed by atoms with Gasteiger partial charge in [-0.25, -0.2) is 4.79 Å². The Morgan fingerprint density at radius 2 is 1.16 bits per heavy atom. The number of carboxylic acid groups (broad SMARTS) is 1. The number of aliphatic carboxylic acids is 1. The third-order valence-electron chi connectivity index (χ3n) is 6.68. The van der Waals surface area contributed by atoms with Crippen LogP contribution >= 0.6 is 68.0 Å². The Labute approximate surface area is 300 Å². The summed E-state index contributed by atoms with van der Waals surface area (Å²) in [5.74, 6) is -1.06. The fourth-order valence-corrected chi connectivity index (χ4v) is 8.95. The first-order chi connectivity index (χ1) is 23.9. The van der Waals surface area contributed by atoms with Crippen molar-refractivity contribution in [2.45, 2.75) is 0 Å². The Balaban J connectivity index is 0.000000140. The lowest BCUT2D eigenvalue weighted by atomic mass is 10.1. The fraction of sp³-hybridized carbons (Fsp3) is 0. The summed E-state index contributed by atoms with van der Waals surface area (Å²) < 4.78 is 6.30. The van der Waals surface area contributed by atoms with E-state index in [0.29, 0.717) is 21.6 Å². The van der Waals surface area contributed by atoms with Crippen LogP contribution in [0.3, 0.4) is 0 Å². The highest BCUT2D eigenvalue weighted by Gasteiger charge is 2.21. The standard InChI is InChI=1S/C12H8O4S2.C12H4O2S2.C10H8S2.CO2/c13-7-16-11(9-2-4-18-6-9)10(12(14)15)8-1-3-17-5-8;13-9-7-5-1-3-15-11(5)10(14)8(7)6-2-4-16-12(6)9;1-3-9(11-7-1)5-6-10-4-2-8-12-10;2-1-3/h1-7H,(H,14,15);1-4H;1-8H;/b11-10+;;6-5+;. The second-order valence-electron chi connectivity index (χ2n) is 9.43. The molecule has 14 heteroatoms. The SMILES string of the molecule is C(=C\c1cccs1)/c1cccs1.O=C=O.O=CO/C(=C(/C(=O)O)c1ccsc1)c1ccsc1.O=c1c2c3ccsc3c(=O)c=2c2ccsc12. The zero-order valence-electron chi connectivity index (χ0n) is 24.7. The number of fused-ring (bicyclic) bond motifs is 4. The molecule has 8 rings (SSSR count). The molecule has 0 radical (unpaired) electrons. The van der Waals surface area contributed by atoms with Crippen LogP contribution < -0.4 is 10.9 Å². The summed E-state index contributed by atoms with van der Waals surface area (Å²) in [6.07, 6.45) is 4.55. The van der Waals surface area contributed by atoms with E-state index >= 15 is 0 Å². The van der Waals surface area contributed by atoms with Gasteiger partial charge in [-0.05, 0) is 86.2 Å². The Hall–Kier alpha value is -4.92. The van der Waals surface area contributed by atoms with Crippen LogP contribution in [0.25, 0.3) is 43.7 Å². The minimum absolute atomic E-state index is 0.0123.